The number of benzene rings is 1. The highest BCUT2D eigenvalue weighted by atomic mass is 35.5. The predicted octanol–water partition coefficient (Wildman–Crippen LogP) is 3.42. The molecule has 3 aromatic rings. The number of carbonyl (C=O) groups excluding carboxylic acids is 1. The summed E-state index contributed by atoms with van der Waals surface area (Å²) in [6, 6.07) is 7.22. The molecule has 2 aromatic heterocycles. The molecule has 0 bridgehead atoms. The molecule has 1 fully saturated rings. The van der Waals surface area contributed by atoms with Gasteiger partial charge in [0.15, 0.2) is 5.13 Å². The third kappa shape index (κ3) is 5.80. The molecule has 1 aromatic carbocycles. The maximum absolute atomic E-state index is 12.8. The van der Waals surface area contributed by atoms with Crippen molar-refractivity contribution in [2.24, 2.45) is 5.73 Å². The number of hydrogen-bond donors (Lipinski definition) is 3. The SMILES string of the molecule is CCON1CCN(c2cc(Nc3ncc(C(=O)Nc4c(Cl)cccc4CN)s3)nc(C)n2)CC1. The minimum Gasteiger partial charge on any atom is -0.354 e. The minimum absolute atomic E-state index is 0.266. The zero-order chi connectivity index (χ0) is 24.1. The Kier molecular flexibility index (Phi) is 7.91. The number of nitrogens with two attached hydrogens (primary N) is 1. The molecule has 34 heavy (non-hydrogen) atoms. The Hall–Kier alpha value is -2.83. The molecule has 180 valence electrons. The van der Waals surface area contributed by atoms with E-state index in [0.29, 0.717) is 39.0 Å². The van der Waals surface area contributed by atoms with Crippen LogP contribution in [0.25, 0.3) is 0 Å². The maximum Gasteiger partial charge on any atom is 0.267 e. The first-order valence-corrected chi connectivity index (χ1v) is 12.2. The van der Waals surface area contributed by atoms with Gasteiger partial charge in [0.25, 0.3) is 5.91 Å². The van der Waals surface area contributed by atoms with E-state index in [4.69, 9.17) is 22.2 Å². The van der Waals surface area contributed by atoms with E-state index >= 15 is 0 Å². The number of rotatable bonds is 8. The first kappa shape index (κ1) is 24.3. The molecule has 0 saturated carbocycles. The van der Waals surface area contributed by atoms with E-state index in [-0.39, 0.29) is 12.5 Å². The van der Waals surface area contributed by atoms with Gasteiger partial charge in [-0.2, -0.15) is 5.06 Å². The van der Waals surface area contributed by atoms with Crippen LogP contribution in [0.5, 0.6) is 0 Å². The molecule has 0 radical (unpaired) electrons. The molecule has 0 aliphatic carbocycles. The van der Waals surface area contributed by atoms with Gasteiger partial charge < -0.3 is 21.3 Å². The fraction of sp³-hybridized carbons (Fsp3) is 0.364. The quantitative estimate of drug-likeness (QED) is 0.425. The molecule has 0 atom stereocenters. The summed E-state index contributed by atoms with van der Waals surface area (Å²) >= 11 is 7.47. The summed E-state index contributed by atoms with van der Waals surface area (Å²) in [5.41, 5.74) is 7.04. The standard InChI is InChI=1S/C22H27ClN8O2S/c1-3-33-31-9-7-30(8-10-31)19-11-18(26-14(2)27-19)28-22-25-13-17(34-22)21(32)29-20-15(12-24)5-4-6-16(20)23/h4-6,11,13H,3,7-10,12,24H2,1-2H3,(H,29,32)(H,25,26,27,28). The van der Waals surface area contributed by atoms with Gasteiger partial charge >= 0.3 is 0 Å². The van der Waals surface area contributed by atoms with E-state index < -0.39 is 0 Å². The van der Waals surface area contributed by atoms with Crippen molar-refractivity contribution in [2.45, 2.75) is 20.4 Å². The largest absolute Gasteiger partial charge is 0.354 e. The van der Waals surface area contributed by atoms with Crippen molar-refractivity contribution >= 4 is 51.3 Å². The average Bonchev–Trinajstić information content (AvgIpc) is 3.29. The number of nitrogens with zero attached hydrogens (tertiary/aromatic N) is 5. The number of para-hydroxylation sites is 1. The van der Waals surface area contributed by atoms with Crippen LogP contribution in [-0.4, -0.2) is 58.7 Å². The minimum atomic E-state index is -0.305. The monoisotopic (exact) mass is 502 g/mol. The van der Waals surface area contributed by atoms with Gasteiger partial charge in [-0.15, -0.1) is 0 Å². The molecule has 4 rings (SSSR count). The van der Waals surface area contributed by atoms with Crippen LogP contribution in [0.3, 0.4) is 0 Å². The van der Waals surface area contributed by atoms with Crippen LogP contribution in [0.1, 0.15) is 28.0 Å². The highest BCUT2D eigenvalue weighted by Gasteiger charge is 2.20. The molecule has 1 saturated heterocycles. The predicted molar refractivity (Wildman–Crippen MR) is 135 cm³/mol. The van der Waals surface area contributed by atoms with E-state index in [1.165, 1.54) is 17.5 Å². The van der Waals surface area contributed by atoms with Crippen molar-refractivity contribution in [2.75, 3.05) is 48.3 Å². The summed E-state index contributed by atoms with van der Waals surface area (Å²) in [4.78, 5) is 34.4. The van der Waals surface area contributed by atoms with Gasteiger partial charge in [-0.1, -0.05) is 35.1 Å². The second kappa shape index (κ2) is 11.1. The zero-order valence-electron chi connectivity index (χ0n) is 19.0. The third-order valence-corrected chi connectivity index (χ3v) is 6.45. The average molecular weight is 503 g/mol. The summed E-state index contributed by atoms with van der Waals surface area (Å²) in [6.07, 6.45) is 1.52. The molecule has 12 heteroatoms. The molecule has 4 N–H and O–H groups in total. The van der Waals surface area contributed by atoms with Gasteiger partial charge in [-0.25, -0.2) is 15.0 Å². The van der Waals surface area contributed by atoms with Crippen LogP contribution in [0, 0.1) is 6.92 Å². The van der Waals surface area contributed by atoms with Crippen LogP contribution in [0.4, 0.5) is 22.5 Å². The van der Waals surface area contributed by atoms with Crippen LogP contribution in [-0.2, 0) is 11.4 Å². The number of thiazole rings is 1. The number of anilines is 4. The summed E-state index contributed by atoms with van der Waals surface area (Å²) in [7, 11) is 0. The Labute approximate surface area is 207 Å². The number of aryl methyl sites for hydroxylation is 1. The van der Waals surface area contributed by atoms with Crippen LogP contribution in [0.15, 0.2) is 30.5 Å². The molecule has 0 unspecified atom stereocenters. The number of aromatic nitrogens is 3. The molecular formula is C22H27ClN8O2S. The van der Waals surface area contributed by atoms with Gasteiger partial charge in [0.2, 0.25) is 0 Å². The Bertz CT molecular complexity index is 1150. The van der Waals surface area contributed by atoms with Crippen molar-refractivity contribution in [1.29, 1.82) is 0 Å². The number of piperazine rings is 1. The lowest BCUT2D eigenvalue weighted by atomic mass is 10.1. The van der Waals surface area contributed by atoms with Crippen molar-refractivity contribution < 1.29 is 9.63 Å². The maximum atomic E-state index is 12.8. The molecule has 1 aliphatic rings. The molecule has 3 heterocycles. The fourth-order valence-corrected chi connectivity index (χ4v) is 4.57. The molecule has 1 amide bonds. The van der Waals surface area contributed by atoms with Crippen LogP contribution in [0.2, 0.25) is 5.02 Å². The number of carbonyl (C=O) groups is 1. The third-order valence-electron chi connectivity index (χ3n) is 5.22. The van der Waals surface area contributed by atoms with Crippen molar-refractivity contribution in [3.8, 4) is 0 Å². The van der Waals surface area contributed by atoms with Crippen LogP contribution < -0.4 is 21.3 Å². The van der Waals surface area contributed by atoms with Gasteiger partial charge in [0, 0.05) is 38.8 Å². The van der Waals surface area contributed by atoms with Gasteiger partial charge in [-0.3, -0.25) is 9.63 Å². The second-order valence-electron chi connectivity index (χ2n) is 7.58. The summed E-state index contributed by atoms with van der Waals surface area (Å²) in [5.74, 6) is 1.80. The molecule has 10 nitrogen and oxygen atoms in total. The van der Waals surface area contributed by atoms with E-state index in [9.17, 15) is 4.79 Å². The van der Waals surface area contributed by atoms with Crippen molar-refractivity contribution in [3.05, 3.63) is 51.7 Å². The Morgan fingerprint density at radius 1 is 1.26 bits per heavy atom. The lowest BCUT2D eigenvalue weighted by molar-refractivity contribution is -0.156. The van der Waals surface area contributed by atoms with Crippen molar-refractivity contribution in [1.82, 2.24) is 20.0 Å². The number of halogens is 1. The zero-order valence-corrected chi connectivity index (χ0v) is 20.6. The first-order chi connectivity index (χ1) is 16.5. The fourth-order valence-electron chi connectivity index (χ4n) is 3.61. The highest BCUT2D eigenvalue weighted by Crippen LogP contribution is 2.28. The number of nitrogens with one attached hydrogen (secondary N) is 2. The number of amides is 1. The van der Waals surface area contributed by atoms with Gasteiger partial charge in [0.05, 0.1) is 23.5 Å². The molecular weight excluding hydrogens is 476 g/mol. The number of hydroxylamine groups is 2. The Morgan fingerprint density at radius 2 is 2.06 bits per heavy atom. The molecule has 1 aliphatic heterocycles. The van der Waals surface area contributed by atoms with Gasteiger partial charge in [0.1, 0.15) is 22.3 Å². The normalized spacial score (nSPS) is 14.3. The molecule has 0 spiro atoms. The lowest BCUT2D eigenvalue weighted by Gasteiger charge is -2.34. The van der Waals surface area contributed by atoms with E-state index in [0.717, 1.165) is 37.6 Å². The van der Waals surface area contributed by atoms with Crippen LogP contribution >= 0.6 is 22.9 Å². The smallest absolute Gasteiger partial charge is 0.267 e. The summed E-state index contributed by atoms with van der Waals surface area (Å²) < 4.78 is 0. The Balaban J connectivity index is 1.44. The Morgan fingerprint density at radius 3 is 2.79 bits per heavy atom. The topological polar surface area (TPSA) is 122 Å². The lowest BCUT2D eigenvalue weighted by Crippen LogP contribution is -2.46. The highest BCUT2D eigenvalue weighted by molar-refractivity contribution is 7.17. The van der Waals surface area contributed by atoms with E-state index in [1.807, 2.05) is 31.0 Å². The first-order valence-electron chi connectivity index (χ1n) is 11.0. The summed E-state index contributed by atoms with van der Waals surface area (Å²) in [5, 5.41) is 9.00. The number of hydrogen-bond acceptors (Lipinski definition) is 10. The van der Waals surface area contributed by atoms with Gasteiger partial charge in [-0.05, 0) is 25.5 Å². The van der Waals surface area contributed by atoms with E-state index in [1.54, 1.807) is 12.1 Å². The van der Waals surface area contributed by atoms with E-state index in [2.05, 4.69) is 30.5 Å². The second-order valence-corrected chi connectivity index (χ2v) is 9.02. The summed E-state index contributed by atoms with van der Waals surface area (Å²) in [6.45, 7) is 8.01. The van der Waals surface area contributed by atoms with Crippen molar-refractivity contribution in [3.63, 3.8) is 0 Å².